The summed E-state index contributed by atoms with van der Waals surface area (Å²) in [5.41, 5.74) is 0.413. The number of carbonyl (C=O) groups is 1. The number of nitrogens with one attached hydrogen (secondary N) is 2. The van der Waals surface area contributed by atoms with E-state index in [1.54, 1.807) is 18.2 Å². The van der Waals surface area contributed by atoms with Gasteiger partial charge in [0.05, 0.1) is 24.5 Å². The number of amides is 1. The minimum Gasteiger partial charge on any atom is -0.379 e. The third kappa shape index (κ3) is 5.01. The van der Waals surface area contributed by atoms with Crippen molar-refractivity contribution in [3.05, 3.63) is 30.1 Å². The van der Waals surface area contributed by atoms with Crippen LogP contribution in [0.25, 0.3) is 11.4 Å². The largest absolute Gasteiger partial charge is 0.379 e. The standard InChI is InChI=1S/C21H28FN5O2S/c22-17-7-3-2-6-16(17)19-24-20(26-25-19)30-14-18(28)23-15-21(8-4-1-5-9-21)27-10-12-29-13-11-27/h2-3,6-7H,1,4-5,8-15H2,(H,23,28)(H,24,25,26). The van der Waals surface area contributed by atoms with E-state index in [0.717, 1.165) is 39.1 Å². The molecule has 2 heterocycles. The summed E-state index contributed by atoms with van der Waals surface area (Å²) in [6.45, 7) is 4.06. The molecule has 162 valence electrons. The summed E-state index contributed by atoms with van der Waals surface area (Å²) in [7, 11) is 0. The molecule has 0 spiro atoms. The van der Waals surface area contributed by atoms with Crippen molar-refractivity contribution in [3.8, 4) is 11.4 Å². The van der Waals surface area contributed by atoms with Crippen molar-refractivity contribution in [1.82, 2.24) is 25.4 Å². The second-order valence-electron chi connectivity index (χ2n) is 7.90. The van der Waals surface area contributed by atoms with Crippen LogP contribution < -0.4 is 5.32 Å². The predicted octanol–water partition coefficient (Wildman–Crippen LogP) is 2.85. The van der Waals surface area contributed by atoms with Gasteiger partial charge in [0.1, 0.15) is 5.82 Å². The van der Waals surface area contributed by atoms with Crippen molar-refractivity contribution >= 4 is 17.7 Å². The van der Waals surface area contributed by atoms with Gasteiger partial charge in [0.2, 0.25) is 11.1 Å². The monoisotopic (exact) mass is 433 g/mol. The third-order valence-corrected chi connectivity index (χ3v) is 6.85. The first-order valence-electron chi connectivity index (χ1n) is 10.6. The molecular weight excluding hydrogens is 405 g/mol. The summed E-state index contributed by atoms with van der Waals surface area (Å²) in [5.74, 6) is 0.206. The van der Waals surface area contributed by atoms with Gasteiger partial charge in [-0.2, -0.15) is 0 Å². The average molecular weight is 434 g/mol. The molecule has 2 N–H and O–H groups in total. The lowest BCUT2D eigenvalue weighted by atomic mass is 9.79. The lowest BCUT2D eigenvalue weighted by Gasteiger charge is -2.48. The second-order valence-corrected chi connectivity index (χ2v) is 8.84. The molecule has 2 aliphatic rings. The number of rotatable bonds is 7. The van der Waals surface area contributed by atoms with Gasteiger partial charge in [-0.25, -0.2) is 9.37 Å². The van der Waals surface area contributed by atoms with E-state index < -0.39 is 0 Å². The highest BCUT2D eigenvalue weighted by Crippen LogP contribution is 2.34. The van der Waals surface area contributed by atoms with Gasteiger partial charge in [0.15, 0.2) is 5.82 Å². The zero-order chi connectivity index (χ0) is 20.8. The summed E-state index contributed by atoms with van der Waals surface area (Å²) >= 11 is 1.25. The number of H-pyrrole nitrogens is 1. The Morgan fingerprint density at radius 2 is 2.00 bits per heavy atom. The SMILES string of the molecule is O=C(CSc1n[nH]c(-c2ccccc2F)n1)NCC1(N2CCOCC2)CCCCC1. The molecule has 1 aromatic heterocycles. The molecule has 1 saturated carbocycles. The topological polar surface area (TPSA) is 83.1 Å². The number of hydrogen-bond acceptors (Lipinski definition) is 6. The molecule has 1 aliphatic carbocycles. The molecular formula is C21H28FN5O2S. The number of hydrogen-bond donors (Lipinski definition) is 2. The van der Waals surface area contributed by atoms with E-state index in [1.807, 2.05) is 0 Å². The molecule has 2 fully saturated rings. The summed E-state index contributed by atoms with van der Waals surface area (Å²) in [6, 6.07) is 6.40. The number of halogens is 1. The molecule has 30 heavy (non-hydrogen) atoms. The minimum absolute atomic E-state index is 0.0320. The first-order chi connectivity index (χ1) is 14.7. The molecule has 0 atom stereocenters. The van der Waals surface area contributed by atoms with Crippen molar-refractivity contribution < 1.29 is 13.9 Å². The number of nitrogens with zero attached hydrogens (tertiary/aromatic N) is 3. The zero-order valence-corrected chi connectivity index (χ0v) is 17.8. The molecule has 9 heteroatoms. The molecule has 1 aliphatic heterocycles. The molecule has 7 nitrogen and oxygen atoms in total. The van der Waals surface area contributed by atoms with E-state index >= 15 is 0 Å². The second kappa shape index (κ2) is 9.89. The molecule has 0 radical (unpaired) electrons. The van der Waals surface area contributed by atoms with Gasteiger partial charge >= 0.3 is 0 Å². The van der Waals surface area contributed by atoms with E-state index in [-0.39, 0.29) is 23.0 Å². The Kier molecular flexibility index (Phi) is 7.01. The Labute approximate surface area is 180 Å². The quantitative estimate of drug-likeness (QED) is 0.654. The van der Waals surface area contributed by atoms with Crippen molar-refractivity contribution in [3.63, 3.8) is 0 Å². The fraction of sp³-hybridized carbons (Fsp3) is 0.571. The number of morpholine rings is 1. The number of carbonyl (C=O) groups excluding carboxylic acids is 1. The van der Waals surface area contributed by atoms with E-state index in [0.29, 0.717) is 23.1 Å². The van der Waals surface area contributed by atoms with Crippen LogP contribution in [0.1, 0.15) is 32.1 Å². The highest BCUT2D eigenvalue weighted by atomic mass is 32.2. The molecule has 2 aromatic rings. The van der Waals surface area contributed by atoms with Crippen LogP contribution in [-0.4, -0.2) is 70.1 Å². The summed E-state index contributed by atoms with van der Waals surface area (Å²) in [5, 5.41) is 10.4. The van der Waals surface area contributed by atoms with E-state index in [1.165, 1.54) is 37.1 Å². The van der Waals surface area contributed by atoms with Crippen LogP contribution in [0.3, 0.4) is 0 Å². The Balaban J connectivity index is 1.31. The van der Waals surface area contributed by atoms with Crippen LogP contribution in [0.5, 0.6) is 0 Å². The van der Waals surface area contributed by atoms with Gasteiger partial charge < -0.3 is 10.1 Å². The van der Waals surface area contributed by atoms with E-state index in [4.69, 9.17) is 4.74 Å². The van der Waals surface area contributed by atoms with Gasteiger partial charge in [-0.1, -0.05) is 43.2 Å². The number of aromatic amines is 1. The van der Waals surface area contributed by atoms with Crippen LogP contribution in [0.2, 0.25) is 0 Å². The maximum atomic E-state index is 13.9. The maximum Gasteiger partial charge on any atom is 0.230 e. The van der Waals surface area contributed by atoms with Gasteiger partial charge in [0.25, 0.3) is 0 Å². The molecule has 1 aromatic carbocycles. The fourth-order valence-electron chi connectivity index (χ4n) is 4.38. The summed E-state index contributed by atoms with van der Waals surface area (Å²) < 4.78 is 19.4. The van der Waals surface area contributed by atoms with Gasteiger partial charge in [0, 0.05) is 25.2 Å². The molecule has 0 unspecified atom stereocenters. The van der Waals surface area contributed by atoms with Crippen LogP contribution in [0.15, 0.2) is 29.4 Å². The van der Waals surface area contributed by atoms with Gasteiger partial charge in [-0.3, -0.25) is 14.8 Å². The first kappa shape index (κ1) is 21.3. The highest BCUT2D eigenvalue weighted by molar-refractivity contribution is 7.99. The van der Waals surface area contributed by atoms with Crippen LogP contribution in [0, 0.1) is 5.82 Å². The van der Waals surface area contributed by atoms with Crippen molar-refractivity contribution in [2.45, 2.75) is 42.8 Å². The number of benzene rings is 1. The zero-order valence-electron chi connectivity index (χ0n) is 17.0. The minimum atomic E-state index is -0.358. The van der Waals surface area contributed by atoms with Crippen molar-refractivity contribution in [1.29, 1.82) is 0 Å². The number of ether oxygens (including phenoxy) is 1. The van der Waals surface area contributed by atoms with Crippen LogP contribution in [-0.2, 0) is 9.53 Å². The Morgan fingerprint density at radius 1 is 1.23 bits per heavy atom. The van der Waals surface area contributed by atoms with Gasteiger partial charge in [-0.15, -0.1) is 5.10 Å². The van der Waals surface area contributed by atoms with Crippen LogP contribution >= 0.6 is 11.8 Å². The average Bonchev–Trinajstić information content (AvgIpc) is 3.27. The summed E-state index contributed by atoms with van der Waals surface area (Å²) in [6.07, 6.45) is 5.92. The Hall–Kier alpha value is -1.97. The Morgan fingerprint density at radius 3 is 2.77 bits per heavy atom. The predicted molar refractivity (Wildman–Crippen MR) is 114 cm³/mol. The highest BCUT2D eigenvalue weighted by Gasteiger charge is 2.38. The normalized spacial score (nSPS) is 19.5. The van der Waals surface area contributed by atoms with Gasteiger partial charge in [-0.05, 0) is 25.0 Å². The number of thioether (sulfide) groups is 1. The van der Waals surface area contributed by atoms with Crippen molar-refractivity contribution in [2.75, 3.05) is 38.6 Å². The summed E-state index contributed by atoms with van der Waals surface area (Å²) in [4.78, 5) is 19.3. The fourth-order valence-corrected chi connectivity index (χ4v) is 5.01. The van der Waals surface area contributed by atoms with E-state index in [9.17, 15) is 9.18 Å². The molecule has 4 rings (SSSR count). The van der Waals surface area contributed by atoms with Crippen LogP contribution in [0.4, 0.5) is 4.39 Å². The maximum absolute atomic E-state index is 13.9. The number of aromatic nitrogens is 3. The molecule has 1 amide bonds. The molecule has 0 bridgehead atoms. The smallest absolute Gasteiger partial charge is 0.230 e. The Bertz CT molecular complexity index is 849. The lowest BCUT2D eigenvalue weighted by Crippen LogP contribution is -2.59. The first-order valence-corrected chi connectivity index (χ1v) is 11.5. The van der Waals surface area contributed by atoms with E-state index in [2.05, 4.69) is 25.4 Å². The van der Waals surface area contributed by atoms with Crippen molar-refractivity contribution in [2.24, 2.45) is 0 Å². The third-order valence-electron chi connectivity index (χ3n) is 6.01. The lowest BCUT2D eigenvalue weighted by molar-refractivity contribution is -0.119. The molecule has 1 saturated heterocycles.